The number of carbonyl (C=O) groups excluding carboxylic acids is 1. The standard InChI is InChI=1S/C23H35F3N4O2S/c1-7-32-20(31)10-16(6)17-8-9-19(30(12-14(2)3)13-15(4)5)18(11-17)29-22(28)33-21(27)23(24,25)26/h8-9,11,14-16,27H,7,10,12-13H2,1-6H3,(H2,28,29). The molecule has 10 heteroatoms. The van der Waals surface area contributed by atoms with Crippen LogP contribution in [0.3, 0.4) is 0 Å². The van der Waals surface area contributed by atoms with E-state index in [0.717, 1.165) is 24.3 Å². The van der Waals surface area contributed by atoms with Crippen LogP contribution in [-0.2, 0) is 9.53 Å². The van der Waals surface area contributed by atoms with Crippen LogP contribution in [0.2, 0.25) is 0 Å². The lowest BCUT2D eigenvalue weighted by atomic mass is 9.96. The average molecular weight is 489 g/mol. The number of halogens is 3. The number of hydrogen-bond donors (Lipinski definition) is 2. The van der Waals surface area contributed by atoms with E-state index in [0.29, 0.717) is 17.5 Å². The number of hydrogen-bond acceptors (Lipinski definition) is 6. The van der Waals surface area contributed by atoms with E-state index in [2.05, 4.69) is 37.6 Å². The van der Waals surface area contributed by atoms with Gasteiger partial charge < -0.3 is 15.4 Å². The van der Waals surface area contributed by atoms with Crippen LogP contribution >= 0.6 is 11.8 Å². The van der Waals surface area contributed by atoms with E-state index in [-0.39, 0.29) is 41.8 Å². The van der Waals surface area contributed by atoms with E-state index in [4.69, 9.17) is 15.9 Å². The maximum Gasteiger partial charge on any atom is 0.439 e. The number of alkyl halides is 3. The van der Waals surface area contributed by atoms with Crippen molar-refractivity contribution in [1.29, 1.82) is 5.41 Å². The van der Waals surface area contributed by atoms with E-state index in [1.807, 2.05) is 19.1 Å². The molecule has 0 saturated carbocycles. The van der Waals surface area contributed by atoms with Crippen molar-refractivity contribution in [2.45, 2.75) is 60.1 Å². The van der Waals surface area contributed by atoms with E-state index in [1.54, 1.807) is 13.0 Å². The molecule has 0 bridgehead atoms. The summed E-state index contributed by atoms with van der Waals surface area (Å²) in [5.41, 5.74) is 7.74. The first kappa shape index (κ1) is 28.8. The van der Waals surface area contributed by atoms with Gasteiger partial charge in [0.2, 0.25) is 0 Å². The number of thioether (sulfide) groups is 1. The van der Waals surface area contributed by atoms with Gasteiger partial charge in [-0.2, -0.15) is 13.2 Å². The summed E-state index contributed by atoms with van der Waals surface area (Å²) < 4.78 is 43.4. The number of anilines is 1. The molecule has 0 spiro atoms. The SMILES string of the molecule is CCOC(=O)CC(C)c1ccc(N(CC(C)C)CC(C)C)c(N=C(N)SC(=N)C(F)(F)F)c1. The Bertz CT molecular complexity index is 831. The number of nitrogens with zero attached hydrogens (tertiary/aromatic N) is 2. The second kappa shape index (κ2) is 12.9. The fraction of sp³-hybridized carbons (Fsp3) is 0.609. The smallest absolute Gasteiger partial charge is 0.439 e. The summed E-state index contributed by atoms with van der Waals surface area (Å²) in [7, 11) is 0. The Kier molecular flexibility index (Phi) is 11.2. The highest BCUT2D eigenvalue weighted by atomic mass is 32.2. The van der Waals surface area contributed by atoms with Gasteiger partial charge >= 0.3 is 12.1 Å². The topological polar surface area (TPSA) is 91.8 Å². The minimum absolute atomic E-state index is 0.0745. The van der Waals surface area contributed by atoms with Crippen LogP contribution in [0, 0.1) is 17.2 Å². The lowest BCUT2D eigenvalue weighted by Crippen LogP contribution is -2.31. The summed E-state index contributed by atoms with van der Waals surface area (Å²) in [5.74, 6) is 0.174. The van der Waals surface area contributed by atoms with E-state index in [1.165, 1.54) is 0 Å². The summed E-state index contributed by atoms with van der Waals surface area (Å²) in [6.07, 6.45) is -4.62. The van der Waals surface area contributed by atoms with Crippen molar-refractivity contribution < 1.29 is 22.7 Å². The van der Waals surface area contributed by atoms with Crippen molar-refractivity contribution in [1.82, 2.24) is 0 Å². The molecule has 3 N–H and O–H groups in total. The Labute approximate surface area is 198 Å². The molecule has 1 aromatic carbocycles. The average Bonchev–Trinajstić information content (AvgIpc) is 2.65. The Morgan fingerprint density at radius 3 is 2.24 bits per heavy atom. The molecule has 0 saturated heterocycles. The molecular weight excluding hydrogens is 453 g/mol. The van der Waals surface area contributed by atoms with Crippen LogP contribution in [-0.4, -0.2) is 42.1 Å². The quantitative estimate of drug-likeness (QED) is 0.237. The van der Waals surface area contributed by atoms with Gasteiger partial charge in [0.1, 0.15) is 0 Å². The van der Waals surface area contributed by atoms with Crippen LogP contribution in [0.25, 0.3) is 0 Å². The van der Waals surface area contributed by atoms with Crippen molar-refractivity contribution in [2.24, 2.45) is 22.6 Å². The van der Waals surface area contributed by atoms with E-state index < -0.39 is 11.2 Å². The highest BCUT2D eigenvalue weighted by Crippen LogP contribution is 2.35. The molecule has 0 fully saturated rings. The van der Waals surface area contributed by atoms with E-state index >= 15 is 0 Å². The maximum absolute atomic E-state index is 12.8. The fourth-order valence-corrected chi connectivity index (χ4v) is 3.72. The normalized spacial score (nSPS) is 13.4. The molecule has 0 heterocycles. The molecule has 0 radical (unpaired) electrons. The number of rotatable bonds is 10. The number of nitrogens with one attached hydrogen (secondary N) is 1. The number of amidine groups is 1. The third-order valence-corrected chi connectivity index (χ3v) is 5.29. The molecule has 0 aromatic heterocycles. The Hall–Kier alpha value is -2.23. The molecule has 0 aliphatic carbocycles. The van der Waals surface area contributed by atoms with Crippen molar-refractivity contribution in [3.63, 3.8) is 0 Å². The highest BCUT2D eigenvalue weighted by Gasteiger charge is 2.35. The minimum atomic E-state index is -4.79. The largest absolute Gasteiger partial charge is 0.466 e. The van der Waals surface area contributed by atoms with Crippen molar-refractivity contribution in [2.75, 3.05) is 24.6 Å². The number of ether oxygens (including phenoxy) is 1. The van der Waals surface area contributed by atoms with Gasteiger partial charge in [-0.3, -0.25) is 10.2 Å². The summed E-state index contributed by atoms with van der Waals surface area (Å²) in [4.78, 5) is 18.3. The van der Waals surface area contributed by atoms with Crippen LogP contribution in [0.15, 0.2) is 23.2 Å². The number of esters is 1. The summed E-state index contributed by atoms with van der Waals surface area (Å²) in [5, 5.41) is 5.30. The second-order valence-corrected chi connectivity index (χ2v) is 9.76. The van der Waals surface area contributed by atoms with Gasteiger partial charge in [0, 0.05) is 13.1 Å². The van der Waals surface area contributed by atoms with Crippen molar-refractivity contribution in [3.05, 3.63) is 23.8 Å². The van der Waals surface area contributed by atoms with Crippen molar-refractivity contribution >= 4 is 39.3 Å². The lowest BCUT2D eigenvalue weighted by Gasteiger charge is -2.30. The van der Waals surface area contributed by atoms with Gasteiger partial charge in [0.25, 0.3) is 0 Å². The third-order valence-electron chi connectivity index (χ3n) is 4.55. The number of carbonyl (C=O) groups is 1. The zero-order chi connectivity index (χ0) is 25.3. The number of nitrogens with two attached hydrogens (primary N) is 1. The number of aliphatic imine (C=N–C) groups is 1. The lowest BCUT2D eigenvalue weighted by molar-refractivity contribution is -0.143. The predicted molar refractivity (Wildman–Crippen MR) is 131 cm³/mol. The van der Waals surface area contributed by atoms with Crippen LogP contribution < -0.4 is 10.6 Å². The summed E-state index contributed by atoms with van der Waals surface area (Å²) >= 11 is 0.0745. The molecule has 0 aliphatic rings. The first-order chi connectivity index (χ1) is 15.2. The molecule has 0 aliphatic heterocycles. The number of benzene rings is 1. The first-order valence-corrected chi connectivity index (χ1v) is 11.8. The Morgan fingerprint density at radius 1 is 1.18 bits per heavy atom. The van der Waals surface area contributed by atoms with Crippen LogP contribution in [0.1, 0.15) is 59.4 Å². The zero-order valence-corrected chi connectivity index (χ0v) is 20.9. The monoisotopic (exact) mass is 488 g/mol. The summed E-state index contributed by atoms with van der Waals surface area (Å²) in [6.45, 7) is 13.7. The highest BCUT2D eigenvalue weighted by molar-refractivity contribution is 8.26. The third kappa shape index (κ3) is 10.1. The predicted octanol–water partition coefficient (Wildman–Crippen LogP) is 6.08. The molecule has 33 heavy (non-hydrogen) atoms. The summed E-state index contributed by atoms with van der Waals surface area (Å²) in [6, 6.07) is 5.51. The molecule has 1 aromatic rings. The molecular formula is C23H35F3N4O2S. The van der Waals surface area contributed by atoms with Crippen molar-refractivity contribution in [3.8, 4) is 0 Å². The second-order valence-electron chi connectivity index (χ2n) is 8.73. The maximum atomic E-state index is 12.8. The van der Waals surface area contributed by atoms with Gasteiger partial charge in [0.05, 0.1) is 24.4 Å². The van der Waals surface area contributed by atoms with Gasteiger partial charge in [-0.25, -0.2) is 4.99 Å². The molecule has 1 atom stereocenters. The molecule has 6 nitrogen and oxygen atoms in total. The Balaban J connectivity index is 3.43. The molecule has 1 rings (SSSR count). The Morgan fingerprint density at radius 2 is 1.76 bits per heavy atom. The van der Waals surface area contributed by atoms with Crippen LogP contribution in [0.4, 0.5) is 24.5 Å². The van der Waals surface area contributed by atoms with Gasteiger partial charge in [0.15, 0.2) is 10.2 Å². The van der Waals surface area contributed by atoms with Crippen LogP contribution in [0.5, 0.6) is 0 Å². The molecule has 0 amide bonds. The fourth-order valence-electron chi connectivity index (χ4n) is 3.25. The van der Waals surface area contributed by atoms with Gasteiger partial charge in [-0.1, -0.05) is 40.7 Å². The first-order valence-electron chi connectivity index (χ1n) is 11.0. The minimum Gasteiger partial charge on any atom is -0.466 e. The molecule has 1 unspecified atom stereocenters. The van der Waals surface area contributed by atoms with Gasteiger partial charge in [-0.05, 0) is 54.1 Å². The molecule has 186 valence electrons. The van der Waals surface area contributed by atoms with Gasteiger partial charge in [-0.15, -0.1) is 0 Å². The van der Waals surface area contributed by atoms with E-state index in [9.17, 15) is 18.0 Å². The zero-order valence-electron chi connectivity index (χ0n) is 20.1.